The lowest BCUT2D eigenvalue weighted by atomic mass is 10.00. The van der Waals surface area contributed by atoms with Gasteiger partial charge in [0.05, 0.1) is 6.26 Å². The summed E-state index contributed by atoms with van der Waals surface area (Å²) in [6.45, 7) is 2.12. The summed E-state index contributed by atoms with van der Waals surface area (Å²) in [4.78, 5) is 0. The standard InChI is InChI=1S/C9H12O/c1-8-2-4-9(5-3-8)6-7-10/h2,4,6-7,10H,3,5H2,1H3/b7-6+. The highest BCUT2D eigenvalue weighted by molar-refractivity contribution is 5.29. The van der Waals surface area contributed by atoms with Crippen LogP contribution in [0, 0.1) is 0 Å². The van der Waals surface area contributed by atoms with Crippen LogP contribution in [0.5, 0.6) is 0 Å². The van der Waals surface area contributed by atoms with Gasteiger partial charge >= 0.3 is 0 Å². The number of hydrogen-bond acceptors (Lipinski definition) is 1. The Morgan fingerprint density at radius 3 is 2.70 bits per heavy atom. The van der Waals surface area contributed by atoms with E-state index in [1.165, 1.54) is 11.1 Å². The van der Waals surface area contributed by atoms with Gasteiger partial charge in [0.25, 0.3) is 0 Å². The first-order valence-electron chi connectivity index (χ1n) is 3.50. The highest BCUT2D eigenvalue weighted by atomic mass is 16.2. The van der Waals surface area contributed by atoms with Crippen molar-refractivity contribution < 1.29 is 5.11 Å². The topological polar surface area (TPSA) is 20.2 Å². The Labute approximate surface area is 61.4 Å². The summed E-state index contributed by atoms with van der Waals surface area (Å²) in [7, 11) is 0. The molecule has 0 unspecified atom stereocenters. The van der Waals surface area contributed by atoms with Crippen LogP contribution < -0.4 is 0 Å². The maximum absolute atomic E-state index is 8.44. The highest BCUT2D eigenvalue weighted by Gasteiger charge is 1.98. The fraction of sp³-hybridized carbons (Fsp3) is 0.333. The third kappa shape index (κ3) is 1.76. The van der Waals surface area contributed by atoms with Crippen LogP contribution in [0.25, 0.3) is 0 Å². The number of hydrogen-bond donors (Lipinski definition) is 1. The van der Waals surface area contributed by atoms with Gasteiger partial charge in [0.15, 0.2) is 0 Å². The minimum atomic E-state index is 1.05. The van der Waals surface area contributed by atoms with Crippen LogP contribution in [0.1, 0.15) is 19.8 Å². The number of rotatable bonds is 1. The van der Waals surface area contributed by atoms with Gasteiger partial charge in [-0.3, -0.25) is 0 Å². The zero-order chi connectivity index (χ0) is 7.40. The van der Waals surface area contributed by atoms with Gasteiger partial charge in [0.1, 0.15) is 0 Å². The molecule has 1 rings (SSSR count). The number of aliphatic hydroxyl groups excluding tert-OH is 1. The molecule has 0 amide bonds. The second kappa shape index (κ2) is 3.25. The summed E-state index contributed by atoms with van der Waals surface area (Å²) >= 11 is 0. The van der Waals surface area contributed by atoms with Crippen molar-refractivity contribution in [1.29, 1.82) is 0 Å². The molecule has 0 fully saturated rings. The molecule has 1 nitrogen and oxygen atoms in total. The molecule has 0 atom stereocenters. The van der Waals surface area contributed by atoms with Crippen LogP contribution in [-0.2, 0) is 0 Å². The Hall–Kier alpha value is -0.980. The van der Waals surface area contributed by atoms with Crippen molar-refractivity contribution in [3.05, 3.63) is 35.6 Å². The van der Waals surface area contributed by atoms with E-state index in [2.05, 4.69) is 13.0 Å². The first kappa shape index (κ1) is 7.13. The molecule has 0 spiro atoms. The second-order valence-corrected chi connectivity index (χ2v) is 2.57. The molecule has 0 aromatic carbocycles. The summed E-state index contributed by atoms with van der Waals surface area (Å²) in [5, 5.41) is 8.44. The van der Waals surface area contributed by atoms with E-state index in [1.807, 2.05) is 6.08 Å². The molecule has 0 aromatic heterocycles. The van der Waals surface area contributed by atoms with Crippen LogP contribution in [0.15, 0.2) is 35.6 Å². The maximum Gasteiger partial charge on any atom is 0.0794 e. The summed E-state index contributed by atoms with van der Waals surface area (Å²) in [6.07, 6.45) is 9.16. The van der Waals surface area contributed by atoms with E-state index < -0.39 is 0 Å². The van der Waals surface area contributed by atoms with Crippen LogP contribution in [0.2, 0.25) is 0 Å². The molecule has 0 radical (unpaired) electrons. The quantitative estimate of drug-likeness (QED) is 0.549. The van der Waals surface area contributed by atoms with Gasteiger partial charge in [-0.05, 0) is 31.4 Å². The Morgan fingerprint density at radius 2 is 2.20 bits per heavy atom. The molecule has 1 heteroatoms. The first-order valence-corrected chi connectivity index (χ1v) is 3.50. The molecular weight excluding hydrogens is 124 g/mol. The Kier molecular flexibility index (Phi) is 2.32. The number of allylic oxidation sites excluding steroid dienone is 5. The molecule has 54 valence electrons. The summed E-state index contributed by atoms with van der Waals surface area (Å²) in [5.41, 5.74) is 2.61. The van der Waals surface area contributed by atoms with E-state index in [4.69, 9.17) is 5.11 Å². The van der Waals surface area contributed by atoms with E-state index in [-0.39, 0.29) is 0 Å². The third-order valence-electron chi connectivity index (χ3n) is 1.68. The minimum Gasteiger partial charge on any atom is -0.516 e. The normalized spacial score (nSPS) is 18.9. The van der Waals surface area contributed by atoms with Gasteiger partial charge in [0.2, 0.25) is 0 Å². The van der Waals surface area contributed by atoms with Gasteiger partial charge in [-0.25, -0.2) is 0 Å². The molecule has 1 N–H and O–H groups in total. The van der Waals surface area contributed by atoms with E-state index in [1.54, 1.807) is 6.08 Å². The summed E-state index contributed by atoms with van der Waals surface area (Å²) < 4.78 is 0. The molecule has 0 saturated heterocycles. The largest absolute Gasteiger partial charge is 0.516 e. The van der Waals surface area contributed by atoms with Crippen LogP contribution >= 0.6 is 0 Å². The molecule has 10 heavy (non-hydrogen) atoms. The molecule has 0 aliphatic heterocycles. The third-order valence-corrected chi connectivity index (χ3v) is 1.68. The zero-order valence-electron chi connectivity index (χ0n) is 6.17. The van der Waals surface area contributed by atoms with Gasteiger partial charge in [-0.2, -0.15) is 0 Å². The predicted octanol–water partition coefficient (Wildman–Crippen LogP) is 2.72. The first-order chi connectivity index (χ1) is 4.83. The monoisotopic (exact) mass is 136 g/mol. The van der Waals surface area contributed by atoms with Crippen LogP contribution in [-0.4, -0.2) is 5.11 Å². The number of aliphatic hydroxyl groups is 1. The average Bonchev–Trinajstić information content (AvgIpc) is 1.95. The Bertz CT molecular complexity index is 197. The fourth-order valence-corrected chi connectivity index (χ4v) is 0.992. The molecule has 0 heterocycles. The second-order valence-electron chi connectivity index (χ2n) is 2.57. The highest BCUT2D eigenvalue weighted by Crippen LogP contribution is 2.17. The van der Waals surface area contributed by atoms with Crippen molar-refractivity contribution in [3.63, 3.8) is 0 Å². The summed E-state index contributed by atoms with van der Waals surface area (Å²) in [5.74, 6) is 0. The SMILES string of the molecule is CC1=CC=C(/C=C/O)CC1. The maximum atomic E-state index is 8.44. The lowest BCUT2D eigenvalue weighted by Gasteiger charge is -2.06. The van der Waals surface area contributed by atoms with Crippen molar-refractivity contribution in [2.45, 2.75) is 19.8 Å². The Morgan fingerprint density at radius 1 is 1.40 bits per heavy atom. The molecule has 1 aliphatic carbocycles. The van der Waals surface area contributed by atoms with Crippen molar-refractivity contribution in [2.24, 2.45) is 0 Å². The van der Waals surface area contributed by atoms with E-state index in [0.29, 0.717) is 0 Å². The van der Waals surface area contributed by atoms with Crippen molar-refractivity contribution in [1.82, 2.24) is 0 Å². The van der Waals surface area contributed by atoms with Crippen molar-refractivity contribution in [2.75, 3.05) is 0 Å². The lowest BCUT2D eigenvalue weighted by molar-refractivity contribution is 0.473. The van der Waals surface area contributed by atoms with Crippen molar-refractivity contribution in [3.8, 4) is 0 Å². The molecule has 1 aliphatic rings. The fourth-order valence-electron chi connectivity index (χ4n) is 0.992. The van der Waals surface area contributed by atoms with E-state index >= 15 is 0 Å². The van der Waals surface area contributed by atoms with Gasteiger partial charge in [-0.15, -0.1) is 0 Å². The van der Waals surface area contributed by atoms with Crippen LogP contribution in [0.4, 0.5) is 0 Å². The average molecular weight is 136 g/mol. The zero-order valence-corrected chi connectivity index (χ0v) is 6.17. The Balaban J connectivity index is 2.64. The van der Waals surface area contributed by atoms with Gasteiger partial charge < -0.3 is 5.11 Å². The van der Waals surface area contributed by atoms with E-state index in [9.17, 15) is 0 Å². The van der Waals surface area contributed by atoms with E-state index in [0.717, 1.165) is 19.1 Å². The van der Waals surface area contributed by atoms with Crippen LogP contribution in [0.3, 0.4) is 0 Å². The molecule has 0 bridgehead atoms. The van der Waals surface area contributed by atoms with Crippen molar-refractivity contribution >= 4 is 0 Å². The molecule has 0 saturated carbocycles. The minimum absolute atomic E-state index is 1.05. The predicted molar refractivity (Wildman–Crippen MR) is 42.8 cm³/mol. The van der Waals surface area contributed by atoms with Gasteiger partial charge in [-0.1, -0.05) is 17.7 Å². The lowest BCUT2D eigenvalue weighted by Crippen LogP contribution is -1.87. The smallest absolute Gasteiger partial charge is 0.0794 e. The molecule has 0 aromatic rings. The molecular formula is C9H12O. The summed E-state index contributed by atoms with van der Waals surface area (Å²) in [6, 6.07) is 0. The van der Waals surface area contributed by atoms with Gasteiger partial charge in [0, 0.05) is 0 Å².